The third kappa shape index (κ3) is 7.50. The lowest BCUT2D eigenvalue weighted by Crippen LogP contribution is -2.50. The highest BCUT2D eigenvalue weighted by molar-refractivity contribution is 6.04. The van der Waals surface area contributed by atoms with Crippen molar-refractivity contribution >= 4 is 23.5 Å². The first-order valence-corrected chi connectivity index (χ1v) is 14.2. The molecule has 4 amide bonds. The van der Waals surface area contributed by atoms with Gasteiger partial charge in [0.2, 0.25) is 5.91 Å². The number of fused-ring (bicyclic) bond motifs is 1. The van der Waals surface area contributed by atoms with Gasteiger partial charge >= 0.3 is 6.03 Å². The van der Waals surface area contributed by atoms with E-state index in [9.17, 15) is 19.5 Å². The number of nitrogens with one attached hydrogen (secondary N) is 2. The van der Waals surface area contributed by atoms with Gasteiger partial charge < -0.3 is 30.3 Å². The van der Waals surface area contributed by atoms with E-state index in [0.717, 1.165) is 25.7 Å². The van der Waals surface area contributed by atoms with Crippen molar-refractivity contribution in [1.82, 2.24) is 20.1 Å². The van der Waals surface area contributed by atoms with E-state index < -0.39 is 6.10 Å². The summed E-state index contributed by atoms with van der Waals surface area (Å²) >= 11 is 0. The predicted molar refractivity (Wildman–Crippen MR) is 152 cm³/mol. The highest BCUT2D eigenvalue weighted by Gasteiger charge is 2.32. The summed E-state index contributed by atoms with van der Waals surface area (Å²) in [6.07, 6.45) is 8.22. The molecule has 1 aromatic heterocycles. The molecule has 2 heterocycles. The molecule has 0 saturated heterocycles. The molecule has 2 aromatic rings. The molecule has 1 aliphatic heterocycles. The SMILES string of the molecule is C[C@H]1CN([C@@H](C)CO)C(=O)Cc2cc(NC(=O)c3ccncc3)ccc2O[C@H]1CN(C)C(=O)NC1CCCCC1. The summed E-state index contributed by atoms with van der Waals surface area (Å²) in [5.74, 6) is -0.0169. The van der Waals surface area contributed by atoms with Crippen molar-refractivity contribution in [2.45, 2.75) is 70.6 Å². The molecule has 3 atom stereocenters. The number of nitrogens with zero attached hydrogens (tertiary/aromatic N) is 3. The number of aliphatic hydroxyl groups excluding tert-OH is 1. The third-order valence-corrected chi connectivity index (χ3v) is 7.85. The number of urea groups is 1. The zero-order valence-electron chi connectivity index (χ0n) is 23.6. The van der Waals surface area contributed by atoms with E-state index in [1.165, 1.54) is 6.42 Å². The van der Waals surface area contributed by atoms with Crippen LogP contribution < -0.4 is 15.4 Å². The summed E-state index contributed by atoms with van der Waals surface area (Å²) in [4.78, 5) is 46.4. The molecular formula is C30H41N5O5. The molecule has 10 nitrogen and oxygen atoms in total. The van der Waals surface area contributed by atoms with Gasteiger partial charge in [0.05, 0.1) is 25.6 Å². The van der Waals surface area contributed by atoms with Crippen LogP contribution in [0.3, 0.4) is 0 Å². The normalized spacial score (nSPS) is 20.7. The van der Waals surface area contributed by atoms with E-state index in [2.05, 4.69) is 15.6 Å². The zero-order chi connectivity index (χ0) is 28.6. The average molecular weight is 552 g/mol. The average Bonchev–Trinajstić information content (AvgIpc) is 3.01. The molecular weight excluding hydrogens is 510 g/mol. The fourth-order valence-corrected chi connectivity index (χ4v) is 5.32. The van der Waals surface area contributed by atoms with Crippen molar-refractivity contribution in [2.75, 3.05) is 32.1 Å². The first kappa shape index (κ1) is 29.3. The second kappa shape index (κ2) is 13.6. The Morgan fingerprint density at radius 2 is 1.90 bits per heavy atom. The molecule has 40 heavy (non-hydrogen) atoms. The highest BCUT2D eigenvalue weighted by Crippen LogP contribution is 2.29. The number of carbonyl (C=O) groups excluding carboxylic acids is 3. The van der Waals surface area contributed by atoms with E-state index in [-0.39, 0.29) is 48.9 Å². The van der Waals surface area contributed by atoms with Crippen molar-refractivity contribution < 1.29 is 24.2 Å². The van der Waals surface area contributed by atoms with Crippen molar-refractivity contribution in [2.24, 2.45) is 5.92 Å². The Bertz CT molecular complexity index is 1170. The number of likely N-dealkylation sites (N-methyl/N-ethyl adjacent to an activating group) is 1. The molecule has 0 spiro atoms. The van der Waals surface area contributed by atoms with Crippen LogP contribution in [0.15, 0.2) is 42.7 Å². The van der Waals surface area contributed by atoms with Crippen LogP contribution in [0, 0.1) is 5.92 Å². The van der Waals surface area contributed by atoms with E-state index in [1.807, 2.05) is 13.8 Å². The number of carbonyl (C=O) groups is 3. The summed E-state index contributed by atoms with van der Waals surface area (Å²) in [7, 11) is 1.76. The van der Waals surface area contributed by atoms with Crippen LogP contribution in [0.2, 0.25) is 0 Å². The summed E-state index contributed by atoms with van der Waals surface area (Å²) in [5.41, 5.74) is 1.63. The standard InChI is InChI=1S/C30H41N5O5/c1-20-17-35(21(2)19-36)28(37)16-23-15-25(32-29(38)22-11-13-31-14-12-22)9-10-26(23)40-27(20)18-34(3)30(39)33-24-7-5-4-6-8-24/h9-15,20-21,24,27,36H,4-8,16-19H2,1-3H3,(H,32,38)(H,33,39)/t20-,21-,27-/m0/s1. The molecule has 3 N–H and O–H groups in total. The van der Waals surface area contributed by atoms with Gasteiger partial charge in [-0.2, -0.15) is 0 Å². The molecule has 1 aromatic carbocycles. The number of aromatic nitrogens is 1. The Kier molecular flexibility index (Phi) is 9.98. The second-order valence-electron chi connectivity index (χ2n) is 11.1. The summed E-state index contributed by atoms with van der Waals surface area (Å²) in [5, 5.41) is 15.9. The van der Waals surface area contributed by atoms with Crippen LogP contribution >= 0.6 is 0 Å². The maximum absolute atomic E-state index is 13.4. The minimum absolute atomic E-state index is 0.0517. The maximum atomic E-state index is 13.4. The molecule has 216 valence electrons. The largest absolute Gasteiger partial charge is 0.488 e. The molecule has 0 bridgehead atoms. The fourth-order valence-electron chi connectivity index (χ4n) is 5.32. The number of benzene rings is 1. The van der Waals surface area contributed by atoms with E-state index in [4.69, 9.17) is 4.74 Å². The second-order valence-corrected chi connectivity index (χ2v) is 11.1. The predicted octanol–water partition coefficient (Wildman–Crippen LogP) is 3.46. The summed E-state index contributed by atoms with van der Waals surface area (Å²) in [6.45, 7) is 4.35. The van der Waals surface area contributed by atoms with Gasteiger partial charge in [-0.3, -0.25) is 14.6 Å². The number of pyridine rings is 1. The monoisotopic (exact) mass is 551 g/mol. The molecule has 1 aliphatic carbocycles. The highest BCUT2D eigenvalue weighted by atomic mass is 16.5. The van der Waals surface area contributed by atoms with Crippen molar-refractivity contribution in [3.05, 3.63) is 53.9 Å². The van der Waals surface area contributed by atoms with Crippen LogP contribution in [0.25, 0.3) is 0 Å². The summed E-state index contributed by atoms with van der Waals surface area (Å²) < 4.78 is 6.51. The van der Waals surface area contributed by atoms with Crippen LogP contribution in [0.4, 0.5) is 10.5 Å². The Morgan fingerprint density at radius 3 is 2.60 bits per heavy atom. The van der Waals surface area contributed by atoms with Crippen LogP contribution in [0.5, 0.6) is 5.75 Å². The van der Waals surface area contributed by atoms with Gasteiger partial charge in [-0.1, -0.05) is 26.2 Å². The van der Waals surface area contributed by atoms with Gasteiger partial charge in [-0.15, -0.1) is 0 Å². The Labute approximate surface area is 236 Å². The first-order valence-electron chi connectivity index (χ1n) is 14.2. The molecule has 1 saturated carbocycles. The molecule has 4 rings (SSSR count). The van der Waals surface area contributed by atoms with Crippen LogP contribution in [-0.4, -0.2) is 82.7 Å². The maximum Gasteiger partial charge on any atom is 0.317 e. The zero-order valence-corrected chi connectivity index (χ0v) is 23.6. The van der Waals surface area contributed by atoms with E-state index in [0.29, 0.717) is 35.7 Å². The Balaban J connectivity index is 1.56. The molecule has 0 unspecified atom stereocenters. The van der Waals surface area contributed by atoms with Crippen molar-refractivity contribution in [3.63, 3.8) is 0 Å². The summed E-state index contributed by atoms with van der Waals surface area (Å²) in [6, 6.07) is 8.20. The van der Waals surface area contributed by atoms with Crippen molar-refractivity contribution in [3.8, 4) is 5.75 Å². The van der Waals surface area contributed by atoms with Crippen LogP contribution in [-0.2, 0) is 11.2 Å². The Morgan fingerprint density at radius 1 is 1.18 bits per heavy atom. The number of rotatable bonds is 7. The number of ether oxygens (including phenoxy) is 1. The molecule has 2 aliphatic rings. The molecule has 0 radical (unpaired) electrons. The number of amides is 4. The lowest BCUT2D eigenvalue weighted by molar-refractivity contribution is -0.134. The van der Waals surface area contributed by atoms with Gasteiger partial charge in [0.15, 0.2) is 0 Å². The molecule has 10 heteroatoms. The number of aliphatic hydroxyl groups is 1. The number of hydrogen-bond acceptors (Lipinski definition) is 6. The lowest BCUT2D eigenvalue weighted by Gasteiger charge is -2.34. The number of anilines is 1. The smallest absolute Gasteiger partial charge is 0.317 e. The third-order valence-electron chi connectivity index (χ3n) is 7.85. The van der Waals surface area contributed by atoms with Gasteiger partial charge in [0.1, 0.15) is 11.9 Å². The topological polar surface area (TPSA) is 124 Å². The molecule has 1 fully saturated rings. The number of hydrogen-bond donors (Lipinski definition) is 3. The van der Waals surface area contributed by atoms with Crippen LogP contribution in [0.1, 0.15) is 61.9 Å². The van der Waals surface area contributed by atoms with Crippen molar-refractivity contribution in [1.29, 1.82) is 0 Å². The van der Waals surface area contributed by atoms with Gasteiger partial charge in [-0.05, 0) is 50.1 Å². The lowest BCUT2D eigenvalue weighted by atomic mass is 9.96. The first-order chi connectivity index (χ1) is 19.2. The van der Waals surface area contributed by atoms with Gasteiger partial charge in [0.25, 0.3) is 5.91 Å². The van der Waals surface area contributed by atoms with E-state index in [1.54, 1.807) is 59.6 Å². The fraction of sp³-hybridized carbons (Fsp3) is 0.533. The quantitative estimate of drug-likeness (QED) is 0.484. The minimum Gasteiger partial charge on any atom is -0.488 e. The minimum atomic E-state index is -0.405. The van der Waals surface area contributed by atoms with Gasteiger partial charge in [-0.25, -0.2) is 4.79 Å². The Hall–Kier alpha value is -3.66. The van der Waals surface area contributed by atoms with E-state index >= 15 is 0 Å². The van der Waals surface area contributed by atoms with Gasteiger partial charge in [0, 0.05) is 54.8 Å².